The van der Waals surface area contributed by atoms with Gasteiger partial charge in [-0.3, -0.25) is 9.59 Å². The molecule has 1 amide bonds. The third kappa shape index (κ3) is 5.65. The maximum atomic E-state index is 12.0. The predicted molar refractivity (Wildman–Crippen MR) is 88.4 cm³/mol. The molecule has 7 nitrogen and oxygen atoms in total. The summed E-state index contributed by atoms with van der Waals surface area (Å²) < 4.78 is 5.60. The molecule has 0 fully saturated rings. The van der Waals surface area contributed by atoms with Crippen molar-refractivity contribution < 1.29 is 29.3 Å². The minimum absolute atomic E-state index is 0.212. The van der Waals surface area contributed by atoms with Gasteiger partial charge in [0, 0.05) is 5.56 Å². The molecule has 0 bridgehead atoms. The van der Waals surface area contributed by atoms with Gasteiger partial charge in [0.15, 0.2) is 0 Å². The van der Waals surface area contributed by atoms with E-state index >= 15 is 0 Å². The van der Waals surface area contributed by atoms with Crippen molar-refractivity contribution in [2.75, 3.05) is 0 Å². The molecule has 0 aromatic heterocycles. The van der Waals surface area contributed by atoms with Crippen LogP contribution in [0.25, 0.3) is 0 Å². The van der Waals surface area contributed by atoms with Gasteiger partial charge in [-0.2, -0.15) is 0 Å². The maximum Gasteiger partial charge on any atom is 0.326 e. The second-order valence-electron chi connectivity index (χ2n) is 5.26. The van der Waals surface area contributed by atoms with Crippen molar-refractivity contribution in [3.8, 4) is 5.75 Å². The number of ether oxygens (including phenoxy) is 1. The topological polar surface area (TPSA) is 113 Å². The smallest absolute Gasteiger partial charge is 0.326 e. The molecule has 0 aliphatic heterocycles. The molecule has 0 spiro atoms. The highest BCUT2D eigenvalue weighted by molar-refractivity contribution is 5.97. The van der Waals surface area contributed by atoms with Crippen LogP contribution in [-0.2, 0) is 16.2 Å². The molecule has 2 rings (SSSR count). The van der Waals surface area contributed by atoms with Gasteiger partial charge in [-0.1, -0.05) is 30.3 Å². The Morgan fingerprint density at radius 3 is 2.16 bits per heavy atom. The molecular weight excluding hydrogens is 326 g/mol. The first-order valence-electron chi connectivity index (χ1n) is 7.48. The van der Waals surface area contributed by atoms with Crippen LogP contribution in [0.1, 0.15) is 22.3 Å². The van der Waals surface area contributed by atoms with E-state index in [2.05, 4.69) is 5.32 Å². The van der Waals surface area contributed by atoms with Gasteiger partial charge in [-0.15, -0.1) is 0 Å². The van der Waals surface area contributed by atoms with Crippen LogP contribution in [0.5, 0.6) is 5.75 Å². The van der Waals surface area contributed by atoms with Crippen LogP contribution in [0.3, 0.4) is 0 Å². The van der Waals surface area contributed by atoms with Crippen molar-refractivity contribution in [2.45, 2.75) is 19.1 Å². The van der Waals surface area contributed by atoms with Crippen LogP contribution in [0.2, 0.25) is 0 Å². The molecule has 25 heavy (non-hydrogen) atoms. The van der Waals surface area contributed by atoms with Crippen LogP contribution < -0.4 is 10.1 Å². The largest absolute Gasteiger partial charge is 0.489 e. The summed E-state index contributed by atoms with van der Waals surface area (Å²) in [6, 6.07) is 14.2. The number of amides is 1. The van der Waals surface area contributed by atoms with Gasteiger partial charge >= 0.3 is 11.9 Å². The lowest BCUT2D eigenvalue weighted by atomic mass is 10.1. The van der Waals surface area contributed by atoms with Gasteiger partial charge in [-0.05, 0) is 29.8 Å². The summed E-state index contributed by atoms with van der Waals surface area (Å²) in [5, 5.41) is 19.8. The van der Waals surface area contributed by atoms with Crippen molar-refractivity contribution in [1.29, 1.82) is 0 Å². The Morgan fingerprint density at radius 2 is 1.60 bits per heavy atom. The highest BCUT2D eigenvalue weighted by Crippen LogP contribution is 2.14. The molecule has 3 N–H and O–H groups in total. The van der Waals surface area contributed by atoms with E-state index in [4.69, 9.17) is 14.9 Å². The molecule has 0 heterocycles. The van der Waals surface area contributed by atoms with Crippen molar-refractivity contribution >= 4 is 17.8 Å². The van der Waals surface area contributed by atoms with Crippen molar-refractivity contribution in [1.82, 2.24) is 5.32 Å². The van der Waals surface area contributed by atoms with Gasteiger partial charge in [0.05, 0.1) is 6.42 Å². The molecule has 0 saturated heterocycles. The van der Waals surface area contributed by atoms with E-state index in [1.807, 2.05) is 30.3 Å². The zero-order valence-corrected chi connectivity index (χ0v) is 13.2. The van der Waals surface area contributed by atoms with Crippen LogP contribution >= 0.6 is 0 Å². The van der Waals surface area contributed by atoms with E-state index in [0.29, 0.717) is 12.4 Å². The normalized spacial score (nSPS) is 11.4. The Kier molecular flexibility index (Phi) is 6.11. The number of nitrogens with one attached hydrogen (secondary N) is 1. The fourth-order valence-electron chi connectivity index (χ4n) is 2.06. The second-order valence-corrected chi connectivity index (χ2v) is 5.26. The van der Waals surface area contributed by atoms with E-state index < -0.39 is 30.3 Å². The lowest BCUT2D eigenvalue weighted by Crippen LogP contribution is -2.42. The highest BCUT2D eigenvalue weighted by atomic mass is 16.5. The van der Waals surface area contributed by atoms with Crippen molar-refractivity contribution in [3.63, 3.8) is 0 Å². The number of carbonyl (C=O) groups is 3. The molecule has 0 radical (unpaired) electrons. The van der Waals surface area contributed by atoms with Crippen LogP contribution in [0.4, 0.5) is 0 Å². The van der Waals surface area contributed by atoms with Crippen molar-refractivity contribution in [3.05, 3.63) is 65.7 Å². The summed E-state index contributed by atoms with van der Waals surface area (Å²) >= 11 is 0. The zero-order valence-electron chi connectivity index (χ0n) is 13.2. The molecule has 2 aromatic rings. The van der Waals surface area contributed by atoms with Crippen LogP contribution in [0, 0.1) is 0 Å². The number of hydrogen-bond acceptors (Lipinski definition) is 4. The van der Waals surface area contributed by atoms with E-state index in [0.717, 1.165) is 5.56 Å². The average molecular weight is 343 g/mol. The number of carboxylic acids is 2. The maximum absolute atomic E-state index is 12.0. The molecule has 0 aliphatic rings. The molecular formula is C18H17NO6. The summed E-state index contributed by atoms with van der Waals surface area (Å²) in [7, 11) is 0. The molecule has 0 saturated carbocycles. The Hall–Kier alpha value is -3.35. The van der Waals surface area contributed by atoms with E-state index in [1.165, 1.54) is 12.1 Å². The highest BCUT2D eigenvalue weighted by Gasteiger charge is 2.23. The average Bonchev–Trinajstić information content (AvgIpc) is 2.60. The summed E-state index contributed by atoms with van der Waals surface area (Å²) in [5.41, 5.74) is 1.21. The van der Waals surface area contributed by atoms with Crippen molar-refractivity contribution in [2.24, 2.45) is 0 Å². The zero-order chi connectivity index (χ0) is 18.2. The number of hydrogen-bond donors (Lipinski definition) is 3. The second kappa shape index (κ2) is 8.49. The fraction of sp³-hybridized carbons (Fsp3) is 0.167. The minimum Gasteiger partial charge on any atom is -0.489 e. The first-order chi connectivity index (χ1) is 12.0. The SMILES string of the molecule is O=C(O)CC(NC(=O)c1ccc(OCc2ccccc2)cc1)C(=O)O. The summed E-state index contributed by atoms with van der Waals surface area (Å²) in [4.78, 5) is 33.6. The van der Waals surface area contributed by atoms with Gasteiger partial charge < -0.3 is 20.3 Å². The third-order valence-electron chi connectivity index (χ3n) is 3.35. The quantitative estimate of drug-likeness (QED) is 0.675. The molecule has 1 atom stereocenters. The minimum atomic E-state index is -1.49. The molecule has 1 unspecified atom stereocenters. The van der Waals surface area contributed by atoms with E-state index in [-0.39, 0.29) is 5.56 Å². The number of carboxylic acid groups (broad SMARTS) is 2. The number of benzene rings is 2. The lowest BCUT2D eigenvalue weighted by Gasteiger charge is -2.12. The molecule has 7 heteroatoms. The monoisotopic (exact) mass is 343 g/mol. The number of rotatable bonds is 8. The van der Waals surface area contributed by atoms with Gasteiger partial charge in [0.25, 0.3) is 5.91 Å². The van der Waals surface area contributed by atoms with E-state index in [1.54, 1.807) is 12.1 Å². The summed E-state index contributed by atoms with van der Waals surface area (Å²) in [6.45, 7) is 0.381. The molecule has 2 aromatic carbocycles. The van der Waals surface area contributed by atoms with Gasteiger partial charge in [-0.25, -0.2) is 4.79 Å². The summed E-state index contributed by atoms with van der Waals surface area (Å²) in [6.07, 6.45) is -0.695. The summed E-state index contributed by atoms with van der Waals surface area (Å²) in [5.74, 6) is -2.82. The molecule has 130 valence electrons. The molecule has 0 aliphatic carbocycles. The van der Waals surface area contributed by atoms with E-state index in [9.17, 15) is 14.4 Å². The Labute approximate surface area is 143 Å². The fourth-order valence-corrected chi connectivity index (χ4v) is 2.06. The standard InChI is InChI=1S/C18H17NO6/c20-16(21)10-15(18(23)24)19-17(22)13-6-8-14(9-7-13)25-11-12-4-2-1-3-5-12/h1-9,15H,10-11H2,(H,19,22)(H,20,21)(H,23,24). The lowest BCUT2D eigenvalue weighted by molar-refractivity contribution is -0.145. The first kappa shape index (κ1) is 18.0. The Morgan fingerprint density at radius 1 is 0.960 bits per heavy atom. The van der Waals surface area contributed by atoms with Gasteiger partial charge in [0.1, 0.15) is 18.4 Å². The Balaban J connectivity index is 1.95. The first-order valence-corrected chi connectivity index (χ1v) is 7.48. The van der Waals surface area contributed by atoms with Crippen LogP contribution in [0.15, 0.2) is 54.6 Å². The number of carbonyl (C=O) groups excluding carboxylic acids is 1. The number of aliphatic carboxylic acids is 2. The Bertz CT molecular complexity index is 742. The van der Waals surface area contributed by atoms with Gasteiger partial charge in [0.2, 0.25) is 0 Å². The predicted octanol–water partition coefficient (Wildman–Crippen LogP) is 1.92. The third-order valence-corrected chi connectivity index (χ3v) is 3.35. The van der Waals surface area contributed by atoms with Crippen LogP contribution in [-0.4, -0.2) is 34.1 Å².